The van der Waals surface area contributed by atoms with Crippen LogP contribution in [-0.2, 0) is 4.79 Å². The second-order valence-corrected chi connectivity index (χ2v) is 6.73. The van der Waals surface area contributed by atoms with E-state index >= 15 is 0 Å². The average molecular weight is 330 g/mol. The fourth-order valence-corrected chi connectivity index (χ4v) is 3.41. The Morgan fingerprint density at radius 1 is 1.00 bits per heavy atom. The van der Waals surface area contributed by atoms with Crippen LogP contribution in [0.15, 0.2) is 18.2 Å². The van der Waals surface area contributed by atoms with E-state index in [2.05, 4.69) is 4.90 Å². The van der Waals surface area contributed by atoms with Gasteiger partial charge in [0.25, 0.3) is 5.91 Å². The van der Waals surface area contributed by atoms with E-state index in [0.29, 0.717) is 30.9 Å². The smallest absolute Gasteiger partial charge is 0.254 e. The molecule has 2 aliphatic rings. The van der Waals surface area contributed by atoms with Gasteiger partial charge < -0.3 is 15.5 Å². The molecule has 2 aliphatic heterocycles. The van der Waals surface area contributed by atoms with Gasteiger partial charge in [-0.05, 0) is 37.5 Å². The zero-order chi connectivity index (χ0) is 17.1. The molecule has 130 valence electrons. The van der Waals surface area contributed by atoms with Crippen molar-refractivity contribution >= 4 is 17.5 Å². The van der Waals surface area contributed by atoms with Gasteiger partial charge >= 0.3 is 0 Å². The van der Waals surface area contributed by atoms with Crippen molar-refractivity contribution < 1.29 is 9.59 Å². The van der Waals surface area contributed by atoms with Crippen LogP contribution in [0.1, 0.15) is 28.8 Å². The molecule has 2 amide bonds. The normalized spacial score (nSPS) is 18.9. The standard InChI is InChI=1S/C18H26N4O2/c1-14-4-5-15(19)12-16(14)18(24)22-10-8-20(9-11-22)13-17(23)21-6-2-3-7-21/h4-5,12H,2-3,6-11,13,19H2,1H3. The highest BCUT2D eigenvalue weighted by atomic mass is 16.2. The Morgan fingerprint density at radius 3 is 2.33 bits per heavy atom. The molecule has 6 heteroatoms. The number of anilines is 1. The minimum absolute atomic E-state index is 0.0327. The number of nitrogen functional groups attached to an aromatic ring is 1. The third-order valence-corrected chi connectivity index (χ3v) is 4.97. The Kier molecular flexibility index (Phi) is 5.04. The third kappa shape index (κ3) is 3.70. The van der Waals surface area contributed by atoms with Crippen molar-refractivity contribution in [2.45, 2.75) is 19.8 Å². The molecule has 2 heterocycles. The molecule has 24 heavy (non-hydrogen) atoms. The lowest BCUT2D eigenvalue weighted by Crippen LogP contribution is -2.51. The number of amides is 2. The van der Waals surface area contributed by atoms with E-state index in [0.717, 1.165) is 44.6 Å². The molecule has 6 nitrogen and oxygen atoms in total. The van der Waals surface area contributed by atoms with Gasteiger partial charge in [0.05, 0.1) is 6.54 Å². The lowest BCUT2D eigenvalue weighted by atomic mass is 10.1. The van der Waals surface area contributed by atoms with Gasteiger partial charge in [-0.25, -0.2) is 0 Å². The fourth-order valence-electron chi connectivity index (χ4n) is 3.41. The number of nitrogens with two attached hydrogens (primary N) is 1. The van der Waals surface area contributed by atoms with Crippen LogP contribution in [0.3, 0.4) is 0 Å². The van der Waals surface area contributed by atoms with Crippen LogP contribution in [0.4, 0.5) is 5.69 Å². The molecule has 0 radical (unpaired) electrons. The van der Waals surface area contributed by atoms with E-state index in [1.54, 1.807) is 6.07 Å². The minimum Gasteiger partial charge on any atom is -0.399 e. The predicted molar refractivity (Wildman–Crippen MR) is 93.7 cm³/mol. The molecule has 2 fully saturated rings. The first-order chi connectivity index (χ1) is 11.5. The molecule has 0 saturated carbocycles. The summed E-state index contributed by atoms with van der Waals surface area (Å²) in [5, 5.41) is 0. The monoisotopic (exact) mass is 330 g/mol. The van der Waals surface area contributed by atoms with Gasteiger partial charge in [0.2, 0.25) is 5.91 Å². The third-order valence-electron chi connectivity index (χ3n) is 4.97. The highest BCUT2D eigenvalue weighted by Crippen LogP contribution is 2.16. The van der Waals surface area contributed by atoms with Crippen LogP contribution in [-0.4, -0.2) is 72.3 Å². The number of rotatable bonds is 3. The van der Waals surface area contributed by atoms with E-state index < -0.39 is 0 Å². The van der Waals surface area contributed by atoms with E-state index in [1.807, 2.05) is 28.9 Å². The maximum absolute atomic E-state index is 12.7. The molecule has 1 aromatic rings. The van der Waals surface area contributed by atoms with E-state index in [-0.39, 0.29) is 11.8 Å². The van der Waals surface area contributed by atoms with Crippen LogP contribution in [0.5, 0.6) is 0 Å². The number of hydrogen-bond acceptors (Lipinski definition) is 4. The lowest BCUT2D eigenvalue weighted by Gasteiger charge is -2.35. The van der Waals surface area contributed by atoms with Crippen molar-refractivity contribution in [2.24, 2.45) is 0 Å². The highest BCUT2D eigenvalue weighted by molar-refractivity contribution is 5.96. The molecule has 0 spiro atoms. The molecule has 0 aromatic heterocycles. The number of carbonyl (C=O) groups excluding carboxylic acids is 2. The van der Waals surface area contributed by atoms with E-state index in [9.17, 15) is 9.59 Å². The predicted octanol–water partition coefficient (Wildman–Crippen LogP) is 0.957. The van der Waals surface area contributed by atoms with Crippen molar-refractivity contribution in [2.75, 3.05) is 51.5 Å². The van der Waals surface area contributed by atoms with Gasteiger partial charge in [-0.3, -0.25) is 14.5 Å². The Balaban J connectivity index is 1.53. The topological polar surface area (TPSA) is 69.9 Å². The molecule has 2 N–H and O–H groups in total. The van der Waals surface area contributed by atoms with Crippen molar-refractivity contribution in [1.82, 2.24) is 14.7 Å². The molecule has 0 aliphatic carbocycles. The number of benzene rings is 1. The summed E-state index contributed by atoms with van der Waals surface area (Å²) < 4.78 is 0. The van der Waals surface area contributed by atoms with E-state index in [1.165, 1.54) is 0 Å². The molecule has 1 aromatic carbocycles. The van der Waals surface area contributed by atoms with Gasteiger partial charge in [-0.1, -0.05) is 6.07 Å². The maximum Gasteiger partial charge on any atom is 0.254 e. The average Bonchev–Trinajstić information content (AvgIpc) is 3.12. The second kappa shape index (κ2) is 7.21. The Morgan fingerprint density at radius 2 is 1.67 bits per heavy atom. The van der Waals surface area contributed by atoms with Crippen molar-refractivity contribution in [3.63, 3.8) is 0 Å². The first kappa shape index (κ1) is 16.8. The zero-order valence-corrected chi connectivity index (χ0v) is 14.3. The molecule has 0 unspecified atom stereocenters. The summed E-state index contributed by atoms with van der Waals surface area (Å²) in [5.41, 5.74) is 8.04. The maximum atomic E-state index is 12.7. The Bertz CT molecular complexity index is 617. The Labute approximate surface area is 143 Å². The zero-order valence-electron chi connectivity index (χ0n) is 14.3. The molecular formula is C18H26N4O2. The lowest BCUT2D eigenvalue weighted by molar-refractivity contribution is -0.131. The van der Waals surface area contributed by atoms with E-state index in [4.69, 9.17) is 5.73 Å². The van der Waals surface area contributed by atoms with Crippen LogP contribution in [0.2, 0.25) is 0 Å². The number of nitrogens with zero attached hydrogens (tertiary/aromatic N) is 3. The van der Waals surface area contributed by atoms with Gasteiger partial charge in [0, 0.05) is 50.5 Å². The van der Waals surface area contributed by atoms with Gasteiger partial charge in [0.1, 0.15) is 0 Å². The molecule has 2 saturated heterocycles. The fraction of sp³-hybridized carbons (Fsp3) is 0.556. The number of likely N-dealkylation sites (tertiary alicyclic amines) is 1. The second-order valence-electron chi connectivity index (χ2n) is 6.73. The van der Waals surface area contributed by atoms with Gasteiger partial charge in [-0.2, -0.15) is 0 Å². The largest absolute Gasteiger partial charge is 0.399 e. The van der Waals surface area contributed by atoms with Crippen LogP contribution < -0.4 is 5.73 Å². The van der Waals surface area contributed by atoms with Crippen LogP contribution in [0, 0.1) is 6.92 Å². The summed E-state index contributed by atoms with van der Waals surface area (Å²) in [6.45, 7) is 6.98. The SMILES string of the molecule is Cc1ccc(N)cc1C(=O)N1CCN(CC(=O)N2CCCC2)CC1. The summed E-state index contributed by atoms with van der Waals surface area (Å²) in [7, 11) is 0. The number of piperazine rings is 1. The summed E-state index contributed by atoms with van der Waals surface area (Å²) in [5.74, 6) is 0.254. The molecule has 3 rings (SSSR count). The quantitative estimate of drug-likeness (QED) is 0.838. The number of aryl methyl sites for hydroxylation is 1. The molecule has 0 bridgehead atoms. The summed E-state index contributed by atoms with van der Waals surface area (Å²) in [6, 6.07) is 5.45. The highest BCUT2D eigenvalue weighted by Gasteiger charge is 2.26. The summed E-state index contributed by atoms with van der Waals surface area (Å²) >= 11 is 0. The summed E-state index contributed by atoms with van der Waals surface area (Å²) in [4.78, 5) is 30.9. The van der Waals surface area contributed by atoms with Crippen molar-refractivity contribution in [3.8, 4) is 0 Å². The minimum atomic E-state index is 0.0327. The first-order valence-electron chi connectivity index (χ1n) is 8.70. The number of hydrogen-bond donors (Lipinski definition) is 1. The van der Waals surface area contributed by atoms with Gasteiger partial charge in [-0.15, -0.1) is 0 Å². The number of carbonyl (C=O) groups is 2. The van der Waals surface area contributed by atoms with Crippen molar-refractivity contribution in [1.29, 1.82) is 0 Å². The first-order valence-corrected chi connectivity index (χ1v) is 8.70. The summed E-state index contributed by atoms with van der Waals surface area (Å²) in [6.07, 6.45) is 2.24. The van der Waals surface area contributed by atoms with Crippen molar-refractivity contribution in [3.05, 3.63) is 29.3 Å². The van der Waals surface area contributed by atoms with Crippen LogP contribution >= 0.6 is 0 Å². The molecular weight excluding hydrogens is 304 g/mol. The van der Waals surface area contributed by atoms with Crippen LogP contribution in [0.25, 0.3) is 0 Å². The Hall–Kier alpha value is -2.08. The molecule has 0 atom stereocenters. The van der Waals surface area contributed by atoms with Gasteiger partial charge in [0.15, 0.2) is 0 Å².